The van der Waals surface area contributed by atoms with Gasteiger partial charge in [0.2, 0.25) is 10.0 Å². The van der Waals surface area contributed by atoms with Gasteiger partial charge in [0.25, 0.3) is 5.91 Å². The second kappa shape index (κ2) is 10.0. The van der Waals surface area contributed by atoms with E-state index in [9.17, 15) is 13.2 Å². The lowest BCUT2D eigenvalue weighted by molar-refractivity contribution is 0.0828. The molecule has 0 aliphatic carbocycles. The number of rotatable bonds is 5. The summed E-state index contributed by atoms with van der Waals surface area (Å²) in [4.78, 5) is 20.3. The largest absolute Gasteiger partial charge is 0.396 e. The summed E-state index contributed by atoms with van der Waals surface area (Å²) in [5, 5.41) is 0.551. The predicted molar refractivity (Wildman–Crippen MR) is 140 cm³/mol. The maximum atomic E-state index is 13.0. The zero-order valence-corrected chi connectivity index (χ0v) is 21.6. The number of nitrogen functional groups attached to an aromatic ring is 1. The van der Waals surface area contributed by atoms with Crippen molar-refractivity contribution < 1.29 is 13.2 Å². The molecule has 0 radical (unpaired) electrons. The van der Waals surface area contributed by atoms with E-state index in [1.54, 1.807) is 62.8 Å². The van der Waals surface area contributed by atoms with Crippen molar-refractivity contribution in [2.45, 2.75) is 4.90 Å². The van der Waals surface area contributed by atoms with E-state index >= 15 is 0 Å². The number of nitrogens with zero attached hydrogens (tertiary/aromatic N) is 4. The van der Waals surface area contributed by atoms with Crippen LogP contribution < -0.4 is 10.6 Å². The van der Waals surface area contributed by atoms with Gasteiger partial charge in [0.05, 0.1) is 21.3 Å². The van der Waals surface area contributed by atoms with Crippen molar-refractivity contribution in [3.05, 3.63) is 70.3 Å². The molecule has 0 spiro atoms. The molecule has 1 aliphatic rings. The lowest BCUT2D eigenvalue weighted by atomic mass is 10.0. The molecule has 1 saturated heterocycles. The van der Waals surface area contributed by atoms with Crippen LogP contribution in [-0.4, -0.2) is 68.8 Å². The van der Waals surface area contributed by atoms with Gasteiger partial charge in [0.15, 0.2) is 5.82 Å². The smallest absolute Gasteiger partial charge is 0.254 e. The van der Waals surface area contributed by atoms with Crippen molar-refractivity contribution in [2.75, 3.05) is 50.9 Å². The van der Waals surface area contributed by atoms with Crippen LogP contribution in [0.3, 0.4) is 0 Å². The van der Waals surface area contributed by atoms with Crippen LogP contribution in [0.15, 0.2) is 59.6 Å². The number of halogens is 2. The minimum absolute atomic E-state index is 0.106. The minimum Gasteiger partial charge on any atom is -0.396 e. The molecule has 2 heterocycles. The average molecular weight is 534 g/mol. The maximum Gasteiger partial charge on any atom is 0.254 e. The molecule has 3 aromatic rings. The number of amides is 1. The van der Waals surface area contributed by atoms with E-state index in [1.807, 2.05) is 4.90 Å². The standard InChI is InChI=1S/C24H25Cl2N5O3S/c1-29(2)24(32)18-8-7-16(13-20(18)26)17-14-21(27)23(28-15-17)30-9-11-31(12-10-30)35(33,34)22-6-4-3-5-19(22)25/h3-8,13-15H,9-12,27H2,1-2H3. The van der Waals surface area contributed by atoms with E-state index in [1.165, 1.54) is 15.3 Å². The van der Waals surface area contributed by atoms with Crippen molar-refractivity contribution >= 4 is 50.6 Å². The highest BCUT2D eigenvalue weighted by molar-refractivity contribution is 7.89. The molecular formula is C24H25Cl2N5O3S. The summed E-state index contributed by atoms with van der Waals surface area (Å²) >= 11 is 12.5. The molecule has 2 N–H and O–H groups in total. The Kier molecular flexibility index (Phi) is 7.23. The normalized spacial score (nSPS) is 14.7. The van der Waals surface area contributed by atoms with Gasteiger partial charge in [0, 0.05) is 52.0 Å². The number of carbonyl (C=O) groups excluding carboxylic acids is 1. The number of benzene rings is 2. The van der Waals surface area contributed by atoms with Gasteiger partial charge in [-0.2, -0.15) is 4.31 Å². The third-order valence-electron chi connectivity index (χ3n) is 5.83. The molecule has 0 saturated carbocycles. The molecule has 0 atom stereocenters. The lowest BCUT2D eigenvalue weighted by Crippen LogP contribution is -2.49. The highest BCUT2D eigenvalue weighted by atomic mass is 35.5. The van der Waals surface area contributed by atoms with Crippen molar-refractivity contribution in [1.82, 2.24) is 14.2 Å². The highest BCUT2D eigenvalue weighted by Gasteiger charge is 2.30. The number of carbonyl (C=O) groups is 1. The van der Waals surface area contributed by atoms with E-state index in [0.29, 0.717) is 35.2 Å². The fraction of sp³-hybridized carbons (Fsp3) is 0.250. The van der Waals surface area contributed by atoms with E-state index in [-0.39, 0.29) is 28.9 Å². The van der Waals surface area contributed by atoms with Crippen LogP contribution in [-0.2, 0) is 10.0 Å². The Morgan fingerprint density at radius 3 is 2.26 bits per heavy atom. The number of anilines is 2. The first-order valence-electron chi connectivity index (χ1n) is 10.9. The molecule has 0 unspecified atom stereocenters. The van der Waals surface area contributed by atoms with Gasteiger partial charge in [-0.3, -0.25) is 4.79 Å². The third kappa shape index (κ3) is 5.08. The first-order chi connectivity index (χ1) is 16.6. The second-order valence-electron chi connectivity index (χ2n) is 8.35. The first-order valence-corrected chi connectivity index (χ1v) is 13.1. The molecule has 1 fully saturated rings. The van der Waals surface area contributed by atoms with Crippen molar-refractivity contribution in [1.29, 1.82) is 0 Å². The molecule has 11 heteroatoms. The number of piperazine rings is 1. The van der Waals surface area contributed by atoms with E-state index < -0.39 is 10.0 Å². The minimum atomic E-state index is -3.69. The van der Waals surface area contributed by atoms with Gasteiger partial charge in [-0.1, -0.05) is 41.4 Å². The molecule has 184 valence electrons. The fourth-order valence-electron chi connectivity index (χ4n) is 3.94. The quantitative estimate of drug-likeness (QED) is 0.534. The summed E-state index contributed by atoms with van der Waals surface area (Å²) < 4.78 is 27.4. The molecule has 1 aromatic heterocycles. The SMILES string of the molecule is CN(C)C(=O)c1ccc(-c2cnc(N3CCN(S(=O)(=O)c4ccccc4Cl)CC3)c(N)c2)cc1Cl. The Labute approximate surface area is 214 Å². The number of pyridine rings is 1. The predicted octanol–water partition coefficient (Wildman–Crippen LogP) is 3.85. The monoisotopic (exact) mass is 533 g/mol. The van der Waals surface area contributed by atoms with Crippen LogP contribution in [0, 0.1) is 0 Å². The molecular weight excluding hydrogens is 509 g/mol. The number of nitrogens with two attached hydrogens (primary N) is 1. The Bertz CT molecular complexity index is 1370. The summed E-state index contributed by atoms with van der Waals surface area (Å²) in [6.07, 6.45) is 1.69. The zero-order chi connectivity index (χ0) is 25.3. The maximum absolute atomic E-state index is 13.0. The fourth-order valence-corrected chi connectivity index (χ4v) is 6.12. The lowest BCUT2D eigenvalue weighted by Gasteiger charge is -2.35. The van der Waals surface area contributed by atoms with Crippen LogP contribution in [0.1, 0.15) is 10.4 Å². The van der Waals surface area contributed by atoms with Gasteiger partial charge >= 0.3 is 0 Å². The zero-order valence-electron chi connectivity index (χ0n) is 19.3. The molecule has 4 rings (SSSR count). The van der Waals surface area contributed by atoms with Gasteiger partial charge in [0.1, 0.15) is 4.90 Å². The van der Waals surface area contributed by atoms with Gasteiger partial charge < -0.3 is 15.5 Å². The van der Waals surface area contributed by atoms with Crippen molar-refractivity contribution in [2.24, 2.45) is 0 Å². The molecule has 8 nitrogen and oxygen atoms in total. The van der Waals surface area contributed by atoms with Crippen LogP contribution >= 0.6 is 23.2 Å². The number of hydrogen-bond donors (Lipinski definition) is 1. The summed E-state index contributed by atoms with van der Waals surface area (Å²) in [6, 6.07) is 13.4. The summed E-state index contributed by atoms with van der Waals surface area (Å²) in [5.41, 5.74) is 8.76. The molecule has 1 amide bonds. The summed E-state index contributed by atoms with van der Waals surface area (Å²) in [7, 11) is -0.350. The van der Waals surface area contributed by atoms with Crippen molar-refractivity contribution in [3.8, 4) is 11.1 Å². The van der Waals surface area contributed by atoms with Crippen LogP contribution in [0.4, 0.5) is 11.5 Å². The van der Waals surface area contributed by atoms with Gasteiger partial charge in [-0.25, -0.2) is 13.4 Å². The van der Waals surface area contributed by atoms with E-state index in [0.717, 1.165) is 11.1 Å². The highest BCUT2D eigenvalue weighted by Crippen LogP contribution is 2.31. The molecule has 35 heavy (non-hydrogen) atoms. The number of aromatic nitrogens is 1. The topological polar surface area (TPSA) is 99.8 Å². The van der Waals surface area contributed by atoms with Crippen LogP contribution in [0.25, 0.3) is 11.1 Å². The van der Waals surface area contributed by atoms with E-state index in [4.69, 9.17) is 28.9 Å². The van der Waals surface area contributed by atoms with Gasteiger partial charge in [-0.15, -0.1) is 0 Å². The Balaban J connectivity index is 1.49. The van der Waals surface area contributed by atoms with Crippen LogP contribution in [0.5, 0.6) is 0 Å². The Morgan fingerprint density at radius 2 is 1.66 bits per heavy atom. The molecule has 2 aromatic carbocycles. The van der Waals surface area contributed by atoms with Gasteiger partial charge in [-0.05, 0) is 35.9 Å². The molecule has 0 bridgehead atoms. The van der Waals surface area contributed by atoms with Crippen molar-refractivity contribution in [3.63, 3.8) is 0 Å². The number of sulfonamides is 1. The number of hydrogen-bond acceptors (Lipinski definition) is 6. The Morgan fingerprint density at radius 1 is 0.971 bits per heavy atom. The average Bonchev–Trinajstić information content (AvgIpc) is 2.83. The summed E-state index contributed by atoms with van der Waals surface area (Å²) in [5.74, 6) is 0.416. The Hall–Kier alpha value is -2.85. The second-order valence-corrected chi connectivity index (χ2v) is 11.1. The first kappa shape index (κ1) is 25.2. The van der Waals surface area contributed by atoms with E-state index in [2.05, 4.69) is 4.98 Å². The third-order valence-corrected chi connectivity index (χ3v) is 8.54. The van der Waals surface area contributed by atoms with Crippen LogP contribution in [0.2, 0.25) is 10.0 Å². The summed E-state index contributed by atoms with van der Waals surface area (Å²) in [6.45, 7) is 1.45. The molecule has 1 aliphatic heterocycles.